The van der Waals surface area contributed by atoms with Crippen LogP contribution in [0, 0.1) is 0 Å². The van der Waals surface area contributed by atoms with Crippen molar-refractivity contribution in [1.82, 2.24) is 0 Å². The first-order chi connectivity index (χ1) is 14.9. The third-order valence-electron chi connectivity index (χ3n) is 6.62. The number of hydrogen-bond donors (Lipinski definition) is 0. The highest BCUT2D eigenvalue weighted by Crippen LogP contribution is 2.32. The van der Waals surface area contributed by atoms with Gasteiger partial charge in [0, 0.05) is 11.1 Å². The molecule has 6 rings (SSSR count). The number of aryl methyl sites for hydroxylation is 2. The average Bonchev–Trinajstić information content (AvgIpc) is 2.82. The van der Waals surface area contributed by atoms with E-state index in [1.54, 1.807) is 0 Å². The van der Waals surface area contributed by atoms with E-state index in [4.69, 9.17) is 10.2 Å². The van der Waals surface area contributed by atoms with E-state index in [-0.39, 0.29) is 0 Å². The number of fused-ring (bicyclic) bond motifs is 6. The highest BCUT2D eigenvalue weighted by molar-refractivity contribution is 6.15. The van der Waals surface area contributed by atoms with Crippen LogP contribution in [0.25, 0.3) is 21.5 Å². The molecule has 0 saturated carbocycles. The first-order valence-corrected chi connectivity index (χ1v) is 11.0. The molecule has 0 amide bonds. The van der Waals surface area contributed by atoms with Gasteiger partial charge in [-0.2, -0.15) is 10.2 Å². The van der Waals surface area contributed by atoms with Gasteiger partial charge in [-0.25, -0.2) is 0 Å². The Hall–Kier alpha value is -3.26. The second kappa shape index (κ2) is 7.21. The monoisotopic (exact) mass is 388 g/mol. The Balaban J connectivity index is 1.52. The summed E-state index contributed by atoms with van der Waals surface area (Å²) in [5, 5.41) is 15.0. The van der Waals surface area contributed by atoms with Gasteiger partial charge < -0.3 is 0 Å². The van der Waals surface area contributed by atoms with Crippen LogP contribution in [0.4, 0.5) is 0 Å². The van der Waals surface area contributed by atoms with Gasteiger partial charge in [-0.05, 0) is 71.2 Å². The Morgan fingerprint density at radius 1 is 0.467 bits per heavy atom. The zero-order valence-electron chi connectivity index (χ0n) is 17.1. The number of hydrogen-bond acceptors (Lipinski definition) is 2. The maximum atomic E-state index is 4.91. The molecule has 30 heavy (non-hydrogen) atoms. The van der Waals surface area contributed by atoms with Crippen LogP contribution in [0.15, 0.2) is 83.0 Å². The van der Waals surface area contributed by atoms with Crippen molar-refractivity contribution in [1.29, 1.82) is 0 Å². The van der Waals surface area contributed by atoms with Gasteiger partial charge in [0.1, 0.15) is 0 Å². The van der Waals surface area contributed by atoms with E-state index in [9.17, 15) is 0 Å². The first-order valence-electron chi connectivity index (χ1n) is 11.0. The molecule has 0 aliphatic heterocycles. The number of rotatable bonds is 1. The zero-order valence-corrected chi connectivity index (χ0v) is 17.1. The summed E-state index contributed by atoms with van der Waals surface area (Å²) >= 11 is 0. The number of benzene rings is 4. The maximum Gasteiger partial charge on any atom is 0.0711 e. The summed E-state index contributed by atoms with van der Waals surface area (Å²) in [6.07, 6.45) is 6.55. The highest BCUT2D eigenvalue weighted by atomic mass is 15.2. The third kappa shape index (κ3) is 2.87. The van der Waals surface area contributed by atoms with Gasteiger partial charge in [-0.1, -0.05) is 72.8 Å². The molecule has 146 valence electrons. The molecule has 0 unspecified atom stereocenters. The molecule has 0 saturated heterocycles. The van der Waals surface area contributed by atoms with E-state index in [1.807, 2.05) is 0 Å². The van der Waals surface area contributed by atoms with Crippen molar-refractivity contribution in [3.05, 3.63) is 95.1 Å². The van der Waals surface area contributed by atoms with Gasteiger partial charge in [0.15, 0.2) is 0 Å². The van der Waals surface area contributed by atoms with E-state index < -0.39 is 0 Å². The van der Waals surface area contributed by atoms with Gasteiger partial charge in [0.2, 0.25) is 0 Å². The standard InChI is InChI=1S/C28H24N2/c1-3-11-23-19(7-1)15-17-21-9-5-13-25(27(21)23)29-30-26-14-6-10-22-18-16-20-8-2-4-12-24(20)28(22)26/h1-4,7-8,11-12,15-18H,5-6,9-10,13-14H2. The van der Waals surface area contributed by atoms with Crippen LogP contribution in [0.3, 0.4) is 0 Å². The maximum absolute atomic E-state index is 4.91. The molecule has 4 aromatic carbocycles. The molecule has 2 aliphatic rings. The molecule has 0 N–H and O–H groups in total. The van der Waals surface area contributed by atoms with Crippen LogP contribution in [-0.4, -0.2) is 11.4 Å². The Morgan fingerprint density at radius 2 is 0.933 bits per heavy atom. The summed E-state index contributed by atoms with van der Waals surface area (Å²) in [7, 11) is 0. The minimum atomic E-state index is 1.00. The van der Waals surface area contributed by atoms with Crippen molar-refractivity contribution < 1.29 is 0 Å². The summed E-state index contributed by atoms with van der Waals surface area (Å²) in [5.41, 5.74) is 7.75. The van der Waals surface area contributed by atoms with Crippen molar-refractivity contribution in [2.45, 2.75) is 38.5 Å². The second-order valence-electron chi connectivity index (χ2n) is 8.44. The van der Waals surface area contributed by atoms with E-state index in [1.165, 1.54) is 43.8 Å². The number of nitrogens with zero attached hydrogens (tertiary/aromatic N) is 2. The fourth-order valence-electron chi connectivity index (χ4n) is 5.19. The first kappa shape index (κ1) is 17.6. The van der Waals surface area contributed by atoms with Crippen LogP contribution < -0.4 is 0 Å². The van der Waals surface area contributed by atoms with Gasteiger partial charge in [0.05, 0.1) is 11.4 Å². The molecule has 0 atom stereocenters. The summed E-state index contributed by atoms with van der Waals surface area (Å²) in [6, 6.07) is 26.4. The zero-order chi connectivity index (χ0) is 19.9. The van der Waals surface area contributed by atoms with Crippen molar-refractivity contribution >= 4 is 33.0 Å². The second-order valence-corrected chi connectivity index (χ2v) is 8.44. The predicted molar refractivity (Wildman–Crippen MR) is 127 cm³/mol. The molecule has 2 nitrogen and oxygen atoms in total. The van der Waals surface area contributed by atoms with Gasteiger partial charge in [-0.15, -0.1) is 0 Å². The molecule has 2 heteroatoms. The minimum Gasteiger partial charge on any atom is -0.155 e. The largest absolute Gasteiger partial charge is 0.155 e. The van der Waals surface area contributed by atoms with Crippen molar-refractivity contribution in [2.75, 3.05) is 0 Å². The summed E-state index contributed by atoms with van der Waals surface area (Å²) in [6.45, 7) is 0. The highest BCUT2D eigenvalue weighted by Gasteiger charge is 2.21. The molecule has 2 aliphatic carbocycles. The van der Waals surface area contributed by atoms with Gasteiger partial charge >= 0.3 is 0 Å². The summed E-state index contributed by atoms with van der Waals surface area (Å²) in [5.74, 6) is 0. The molecule has 0 radical (unpaired) electrons. The molecule has 4 aromatic rings. The van der Waals surface area contributed by atoms with E-state index in [0.29, 0.717) is 0 Å². The molecule has 0 spiro atoms. The van der Waals surface area contributed by atoms with Crippen LogP contribution in [0.1, 0.15) is 47.9 Å². The van der Waals surface area contributed by atoms with E-state index in [0.717, 1.165) is 49.9 Å². The SMILES string of the molecule is c1ccc2c3c(ccc2c1)CCCC3=NN=C1CCCc2ccc3ccccc3c21. The Labute approximate surface area is 177 Å². The third-order valence-corrected chi connectivity index (χ3v) is 6.62. The summed E-state index contributed by atoms with van der Waals surface area (Å²) < 4.78 is 0. The van der Waals surface area contributed by atoms with Gasteiger partial charge in [0.25, 0.3) is 0 Å². The fraction of sp³-hybridized carbons (Fsp3) is 0.214. The Bertz CT molecular complexity index is 1240. The van der Waals surface area contributed by atoms with Crippen LogP contribution >= 0.6 is 0 Å². The summed E-state index contributed by atoms with van der Waals surface area (Å²) in [4.78, 5) is 0. The van der Waals surface area contributed by atoms with Crippen LogP contribution in [-0.2, 0) is 12.8 Å². The van der Waals surface area contributed by atoms with Gasteiger partial charge in [-0.3, -0.25) is 0 Å². The normalized spacial score (nSPS) is 18.7. The quantitative estimate of drug-likeness (QED) is 0.318. The molecule has 0 heterocycles. The van der Waals surface area contributed by atoms with Crippen molar-refractivity contribution in [3.63, 3.8) is 0 Å². The lowest BCUT2D eigenvalue weighted by molar-refractivity contribution is 0.828. The molecular weight excluding hydrogens is 364 g/mol. The van der Waals surface area contributed by atoms with E-state index >= 15 is 0 Å². The molecule has 0 aromatic heterocycles. The average molecular weight is 389 g/mol. The fourth-order valence-corrected chi connectivity index (χ4v) is 5.19. The molecule has 0 bridgehead atoms. The smallest absolute Gasteiger partial charge is 0.0711 e. The van der Waals surface area contributed by atoms with Crippen LogP contribution in [0.5, 0.6) is 0 Å². The topological polar surface area (TPSA) is 24.7 Å². The predicted octanol–water partition coefficient (Wildman–Crippen LogP) is 6.86. The lowest BCUT2D eigenvalue weighted by atomic mass is 9.86. The lowest BCUT2D eigenvalue weighted by Crippen LogP contribution is -2.14. The molecule has 0 fully saturated rings. The van der Waals surface area contributed by atoms with Crippen LogP contribution in [0.2, 0.25) is 0 Å². The lowest BCUT2D eigenvalue weighted by Gasteiger charge is -2.21. The van der Waals surface area contributed by atoms with Crippen molar-refractivity contribution in [3.8, 4) is 0 Å². The molecular formula is C28H24N2. The Morgan fingerprint density at radius 3 is 1.43 bits per heavy atom. The Kier molecular flexibility index (Phi) is 4.23. The van der Waals surface area contributed by atoms with Crippen molar-refractivity contribution in [2.24, 2.45) is 10.2 Å². The minimum absolute atomic E-state index is 1.00. The van der Waals surface area contributed by atoms with E-state index in [2.05, 4.69) is 72.8 Å².